The van der Waals surface area contributed by atoms with Gasteiger partial charge in [0.25, 0.3) is 0 Å². The van der Waals surface area contributed by atoms with Crippen LogP contribution in [0.5, 0.6) is 11.6 Å². The second kappa shape index (κ2) is 6.48. The van der Waals surface area contributed by atoms with Crippen molar-refractivity contribution in [2.45, 2.75) is 26.7 Å². The normalized spacial score (nSPS) is 10.3. The SMILES string of the molecule is CCCc1ccc(Oc2cc(C(N)=S)cc(C)n2)cc1. The van der Waals surface area contributed by atoms with E-state index in [1.165, 1.54) is 5.56 Å². The minimum atomic E-state index is 0.346. The zero-order valence-electron chi connectivity index (χ0n) is 11.7. The lowest BCUT2D eigenvalue weighted by Crippen LogP contribution is -2.10. The van der Waals surface area contributed by atoms with Gasteiger partial charge in [-0.2, -0.15) is 0 Å². The topological polar surface area (TPSA) is 48.1 Å². The highest BCUT2D eigenvalue weighted by Crippen LogP contribution is 2.22. The van der Waals surface area contributed by atoms with Crippen molar-refractivity contribution in [2.75, 3.05) is 0 Å². The molecule has 0 aliphatic carbocycles. The first-order chi connectivity index (χ1) is 9.58. The number of hydrogen-bond acceptors (Lipinski definition) is 3. The summed E-state index contributed by atoms with van der Waals surface area (Å²) in [5.74, 6) is 1.27. The van der Waals surface area contributed by atoms with Crippen molar-refractivity contribution < 1.29 is 4.74 Å². The number of benzene rings is 1. The Hall–Kier alpha value is -1.94. The fourth-order valence-corrected chi connectivity index (χ4v) is 2.08. The quantitative estimate of drug-likeness (QED) is 0.850. The number of aromatic nitrogens is 1. The zero-order valence-corrected chi connectivity index (χ0v) is 12.5. The van der Waals surface area contributed by atoms with Gasteiger partial charge < -0.3 is 10.5 Å². The summed E-state index contributed by atoms with van der Waals surface area (Å²) < 4.78 is 5.76. The summed E-state index contributed by atoms with van der Waals surface area (Å²) in [4.78, 5) is 4.68. The molecule has 4 heteroatoms. The summed E-state index contributed by atoms with van der Waals surface area (Å²) in [6.07, 6.45) is 2.21. The predicted octanol–water partition coefficient (Wildman–Crippen LogP) is 3.77. The van der Waals surface area contributed by atoms with Crippen molar-refractivity contribution in [1.29, 1.82) is 0 Å². The number of hydrogen-bond donors (Lipinski definition) is 1. The molecular formula is C16H18N2OS. The molecule has 0 saturated carbocycles. The van der Waals surface area contributed by atoms with Crippen LogP contribution in [0.2, 0.25) is 0 Å². The number of nitrogens with two attached hydrogens (primary N) is 1. The molecule has 0 fully saturated rings. The molecule has 2 N–H and O–H groups in total. The summed E-state index contributed by atoms with van der Waals surface area (Å²) in [7, 11) is 0. The number of pyridine rings is 1. The van der Waals surface area contributed by atoms with E-state index in [0.717, 1.165) is 29.8 Å². The van der Waals surface area contributed by atoms with Crippen molar-refractivity contribution in [3.63, 3.8) is 0 Å². The lowest BCUT2D eigenvalue weighted by atomic mass is 10.1. The first-order valence-corrected chi connectivity index (χ1v) is 7.04. The molecule has 0 saturated heterocycles. The van der Waals surface area contributed by atoms with Crippen LogP contribution in [-0.4, -0.2) is 9.97 Å². The van der Waals surface area contributed by atoms with Crippen LogP contribution in [0.4, 0.5) is 0 Å². The molecular weight excluding hydrogens is 268 g/mol. The van der Waals surface area contributed by atoms with Gasteiger partial charge in [-0.05, 0) is 37.1 Å². The summed E-state index contributed by atoms with van der Waals surface area (Å²) in [5.41, 5.74) is 8.55. The van der Waals surface area contributed by atoms with E-state index in [1.807, 2.05) is 25.1 Å². The minimum absolute atomic E-state index is 0.346. The van der Waals surface area contributed by atoms with Crippen LogP contribution >= 0.6 is 12.2 Å². The highest BCUT2D eigenvalue weighted by atomic mass is 32.1. The summed E-state index contributed by atoms with van der Waals surface area (Å²) >= 11 is 4.99. The Bertz CT molecular complexity index is 608. The molecule has 0 atom stereocenters. The minimum Gasteiger partial charge on any atom is -0.439 e. The molecule has 2 rings (SSSR count). The van der Waals surface area contributed by atoms with Crippen molar-refractivity contribution in [3.8, 4) is 11.6 Å². The Kier molecular flexibility index (Phi) is 4.69. The van der Waals surface area contributed by atoms with Crippen molar-refractivity contribution in [1.82, 2.24) is 4.98 Å². The van der Waals surface area contributed by atoms with Gasteiger partial charge >= 0.3 is 0 Å². The molecule has 1 aromatic carbocycles. The third-order valence-electron chi connectivity index (χ3n) is 2.90. The molecule has 0 aliphatic heterocycles. The zero-order chi connectivity index (χ0) is 14.5. The average Bonchev–Trinajstić information content (AvgIpc) is 2.40. The Morgan fingerprint density at radius 2 is 1.95 bits per heavy atom. The highest BCUT2D eigenvalue weighted by molar-refractivity contribution is 7.80. The summed E-state index contributed by atoms with van der Waals surface area (Å²) in [6, 6.07) is 11.7. The van der Waals surface area contributed by atoms with E-state index in [2.05, 4.69) is 24.0 Å². The molecule has 0 bridgehead atoms. The van der Waals surface area contributed by atoms with Crippen LogP contribution < -0.4 is 10.5 Å². The van der Waals surface area contributed by atoms with Gasteiger partial charge in [-0.25, -0.2) is 4.98 Å². The Morgan fingerprint density at radius 1 is 1.25 bits per heavy atom. The number of ether oxygens (including phenoxy) is 1. The Morgan fingerprint density at radius 3 is 2.55 bits per heavy atom. The van der Waals surface area contributed by atoms with Gasteiger partial charge in [0.15, 0.2) is 0 Å². The van der Waals surface area contributed by atoms with Crippen molar-refractivity contribution >= 4 is 17.2 Å². The van der Waals surface area contributed by atoms with Gasteiger partial charge in [0, 0.05) is 17.3 Å². The molecule has 20 heavy (non-hydrogen) atoms. The summed E-state index contributed by atoms with van der Waals surface area (Å²) in [5, 5.41) is 0. The Balaban J connectivity index is 2.19. The van der Waals surface area contributed by atoms with E-state index in [4.69, 9.17) is 22.7 Å². The van der Waals surface area contributed by atoms with Crippen LogP contribution in [0.3, 0.4) is 0 Å². The summed E-state index contributed by atoms with van der Waals surface area (Å²) in [6.45, 7) is 4.05. The van der Waals surface area contributed by atoms with Gasteiger partial charge in [0.2, 0.25) is 5.88 Å². The van der Waals surface area contributed by atoms with Gasteiger partial charge in [0.1, 0.15) is 10.7 Å². The number of rotatable bonds is 5. The molecule has 0 unspecified atom stereocenters. The van der Waals surface area contributed by atoms with Crippen LogP contribution in [-0.2, 0) is 6.42 Å². The lowest BCUT2D eigenvalue weighted by molar-refractivity contribution is 0.461. The fraction of sp³-hybridized carbons (Fsp3) is 0.250. The first kappa shape index (κ1) is 14.5. The van der Waals surface area contributed by atoms with E-state index in [-0.39, 0.29) is 0 Å². The third-order valence-corrected chi connectivity index (χ3v) is 3.13. The third kappa shape index (κ3) is 3.78. The second-order valence-electron chi connectivity index (χ2n) is 4.70. The fourth-order valence-electron chi connectivity index (χ4n) is 1.97. The van der Waals surface area contributed by atoms with Crippen LogP contribution in [0.15, 0.2) is 36.4 Å². The molecule has 104 valence electrons. The smallest absolute Gasteiger partial charge is 0.220 e. The largest absolute Gasteiger partial charge is 0.439 e. The molecule has 0 spiro atoms. The monoisotopic (exact) mass is 286 g/mol. The van der Waals surface area contributed by atoms with Crippen molar-refractivity contribution in [3.05, 3.63) is 53.2 Å². The van der Waals surface area contributed by atoms with E-state index in [1.54, 1.807) is 6.07 Å². The standard InChI is InChI=1S/C16H18N2OS/c1-3-4-12-5-7-14(8-6-12)19-15-10-13(16(17)20)9-11(2)18-15/h5-10H,3-4H2,1-2H3,(H2,17,20). The predicted molar refractivity (Wildman–Crippen MR) is 85.4 cm³/mol. The highest BCUT2D eigenvalue weighted by Gasteiger charge is 2.05. The van der Waals surface area contributed by atoms with Crippen LogP contribution in [0.1, 0.15) is 30.2 Å². The van der Waals surface area contributed by atoms with E-state index in [0.29, 0.717) is 10.9 Å². The molecule has 2 aromatic rings. The Labute approximate surface area is 124 Å². The van der Waals surface area contributed by atoms with Crippen molar-refractivity contribution in [2.24, 2.45) is 5.73 Å². The van der Waals surface area contributed by atoms with Gasteiger partial charge in [-0.1, -0.05) is 37.7 Å². The number of aryl methyl sites for hydroxylation is 2. The van der Waals surface area contributed by atoms with Crippen LogP contribution in [0, 0.1) is 6.92 Å². The molecule has 0 amide bonds. The lowest BCUT2D eigenvalue weighted by Gasteiger charge is -2.08. The van der Waals surface area contributed by atoms with E-state index >= 15 is 0 Å². The molecule has 1 heterocycles. The molecule has 1 aromatic heterocycles. The maximum Gasteiger partial charge on any atom is 0.220 e. The van der Waals surface area contributed by atoms with Gasteiger partial charge in [0.05, 0.1) is 0 Å². The maximum absolute atomic E-state index is 5.76. The van der Waals surface area contributed by atoms with E-state index < -0.39 is 0 Å². The number of thiocarbonyl (C=S) groups is 1. The van der Waals surface area contributed by atoms with Gasteiger partial charge in [-0.15, -0.1) is 0 Å². The second-order valence-corrected chi connectivity index (χ2v) is 5.14. The van der Waals surface area contributed by atoms with Gasteiger partial charge in [-0.3, -0.25) is 0 Å². The first-order valence-electron chi connectivity index (χ1n) is 6.63. The molecule has 3 nitrogen and oxygen atoms in total. The molecule has 0 radical (unpaired) electrons. The van der Waals surface area contributed by atoms with Crippen LogP contribution in [0.25, 0.3) is 0 Å². The maximum atomic E-state index is 5.76. The molecule has 0 aliphatic rings. The average molecular weight is 286 g/mol. The van der Waals surface area contributed by atoms with E-state index in [9.17, 15) is 0 Å². The number of nitrogens with zero attached hydrogens (tertiary/aromatic N) is 1.